The van der Waals surface area contributed by atoms with E-state index in [0.717, 1.165) is 16.8 Å². The molecule has 1 aromatic rings. The topological polar surface area (TPSA) is 69.2 Å². The molecule has 0 N–H and O–H groups in total. The lowest BCUT2D eigenvalue weighted by molar-refractivity contribution is -0.161. The number of alkyl halides is 1. The Kier molecular flexibility index (Phi) is 5.12. The van der Waals surface area contributed by atoms with Gasteiger partial charge in [0.25, 0.3) is 5.78 Å². The van der Waals surface area contributed by atoms with E-state index in [1.807, 2.05) is 0 Å². The van der Waals surface area contributed by atoms with Crippen molar-refractivity contribution in [3.05, 3.63) is 5.01 Å². The highest BCUT2D eigenvalue weighted by Crippen LogP contribution is 2.29. The molecule has 0 amide bonds. The lowest BCUT2D eigenvalue weighted by Gasteiger charge is -2.19. The van der Waals surface area contributed by atoms with Crippen molar-refractivity contribution in [3.63, 3.8) is 0 Å². The average molecular weight is 309 g/mol. The third-order valence-corrected chi connectivity index (χ3v) is 3.86. The monoisotopic (exact) mass is 308 g/mol. The van der Waals surface area contributed by atoms with E-state index < -0.39 is 22.1 Å². The molecule has 1 aromatic heterocycles. The lowest BCUT2D eigenvalue weighted by atomic mass is 10.2. The standard InChI is InChI=1S/C10H13ClN2O3S2/c1-5-12-13-9(17-5)18-7(11)6(14)8(15)16-10(2,3)4/h7H,1-4H3. The first kappa shape index (κ1) is 15.4. The maximum Gasteiger partial charge on any atom is 0.377 e. The van der Waals surface area contributed by atoms with Gasteiger partial charge in [0.2, 0.25) is 0 Å². The molecular weight excluding hydrogens is 296 g/mol. The van der Waals surface area contributed by atoms with Gasteiger partial charge in [0.05, 0.1) is 0 Å². The quantitative estimate of drug-likeness (QED) is 0.368. The van der Waals surface area contributed by atoms with Crippen molar-refractivity contribution in [2.45, 2.75) is 42.3 Å². The molecule has 18 heavy (non-hydrogen) atoms. The Morgan fingerprint density at radius 3 is 2.44 bits per heavy atom. The summed E-state index contributed by atoms with van der Waals surface area (Å²) in [5.41, 5.74) is -0.715. The fourth-order valence-corrected chi connectivity index (χ4v) is 3.12. The first-order valence-electron chi connectivity index (χ1n) is 5.07. The van der Waals surface area contributed by atoms with Crippen LogP contribution >= 0.6 is 34.7 Å². The molecule has 0 aromatic carbocycles. The number of aryl methyl sites for hydroxylation is 1. The fourth-order valence-electron chi connectivity index (χ4n) is 0.889. The molecule has 0 aliphatic heterocycles. The molecule has 0 saturated heterocycles. The SMILES string of the molecule is Cc1nnc(SC(Cl)C(=O)C(=O)OC(C)(C)C)s1. The van der Waals surface area contributed by atoms with Crippen LogP contribution in [0.15, 0.2) is 4.34 Å². The zero-order valence-corrected chi connectivity index (χ0v) is 12.8. The third-order valence-electron chi connectivity index (χ3n) is 1.52. The summed E-state index contributed by atoms with van der Waals surface area (Å²) in [5, 5.41) is 8.38. The van der Waals surface area contributed by atoms with E-state index in [9.17, 15) is 9.59 Å². The van der Waals surface area contributed by atoms with Crippen molar-refractivity contribution in [2.24, 2.45) is 0 Å². The van der Waals surface area contributed by atoms with Gasteiger partial charge in [-0.25, -0.2) is 4.79 Å². The van der Waals surface area contributed by atoms with Gasteiger partial charge in [0, 0.05) is 0 Å². The number of thioether (sulfide) groups is 1. The average Bonchev–Trinajstić information content (AvgIpc) is 2.60. The molecule has 0 bridgehead atoms. The molecule has 1 unspecified atom stereocenters. The number of hydrogen-bond acceptors (Lipinski definition) is 7. The van der Waals surface area contributed by atoms with Crippen LogP contribution in [-0.2, 0) is 14.3 Å². The smallest absolute Gasteiger partial charge is 0.377 e. The molecule has 1 atom stereocenters. The van der Waals surface area contributed by atoms with E-state index in [4.69, 9.17) is 16.3 Å². The minimum atomic E-state index is -1.05. The summed E-state index contributed by atoms with van der Waals surface area (Å²) in [6, 6.07) is 0. The number of nitrogens with zero attached hydrogens (tertiary/aromatic N) is 2. The molecule has 5 nitrogen and oxygen atoms in total. The summed E-state index contributed by atoms with van der Waals surface area (Å²) in [4.78, 5) is 23.2. The molecule has 0 aliphatic carbocycles. The highest BCUT2D eigenvalue weighted by atomic mass is 35.5. The summed E-state index contributed by atoms with van der Waals surface area (Å²) >= 11 is 8.15. The van der Waals surface area contributed by atoms with Crippen LogP contribution in [0.2, 0.25) is 0 Å². The Labute approximate surface area is 118 Å². The van der Waals surface area contributed by atoms with E-state index in [0.29, 0.717) is 4.34 Å². The van der Waals surface area contributed by atoms with Crippen molar-refractivity contribution < 1.29 is 14.3 Å². The highest BCUT2D eigenvalue weighted by molar-refractivity contribution is 8.03. The van der Waals surface area contributed by atoms with Gasteiger partial charge < -0.3 is 4.74 Å². The Morgan fingerprint density at radius 2 is 2.00 bits per heavy atom. The Balaban J connectivity index is 2.59. The van der Waals surface area contributed by atoms with Gasteiger partial charge in [-0.1, -0.05) is 23.1 Å². The highest BCUT2D eigenvalue weighted by Gasteiger charge is 2.30. The number of ketones is 1. The van der Waals surface area contributed by atoms with Crippen LogP contribution in [-0.4, -0.2) is 32.3 Å². The Bertz CT molecular complexity index is 456. The van der Waals surface area contributed by atoms with Crippen LogP contribution in [0.25, 0.3) is 0 Å². The van der Waals surface area contributed by atoms with Gasteiger partial charge in [-0.3, -0.25) is 4.79 Å². The zero-order valence-electron chi connectivity index (χ0n) is 10.4. The van der Waals surface area contributed by atoms with E-state index in [1.54, 1.807) is 27.7 Å². The summed E-state index contributed by atoms with van der Waals surface area (Å²) in [7, 11) is 0. The number of rotatable bonds is 4. The Hall–Kier alpha value is -0.660. The number of aromatic nitrogens is 2. The number of hydrogen-bond donors (Lipinski definition) is 0. The van der Waals surface area contributed by atoms with E-state index in [1.165, 1.54) is 11.3 Å². The maximum absolute atomic E-state index is 11.7. The zero-order chi connectivity index (χ0) is 13.9. The molecule has 0 radical (unpaired) electrons. The van der Waals surface area contributed by atoms with Gasteiger partial charge in [-0.15, -0.1) is 21.8 Å². The van der Waals surface area contributed by atoms with E-state index in [2.05, 4.69) is 10.2 Å². The third kappa shape index (κ3) is 4.91. The van der Waals surface area contributed by atoms with Gasteiger partial charge >= 0.3 is 5.97 Å². The molecule has 100 valence electrons. The van der Waals surface area contributed by atoms with Gasteiger partial charge in [-0.2, -0.15) is 0 Å². The summed E-state index contributed by atoms with van der Waals surface area (Å²) in [6.07, 6.45) is 0. The van der Waals surface area contributed by atoms with Crippen LogP contribution in [0.5, 0.6) is 0 Å². The number of halogens is 1. The number of Topliss-reactive ketones (excluding diaryl/α,β-unsaturated/α-hetero) is 1. The van der Waals surface area contributed by atoms with Crippen molar-refractivity contribution in [3.8, 4) is 0 Å². The number of carbonyl (C=O) groups excluding carboxylic acids is 2. The predicted octanol–water partition coefficient (Wildman–Crippen LogP) is 2.41. The second-order valence-electron chi connectivity index (χ2n) is 4.39. The van der Waals surface area contributed by atoms with Crippen molar-refractivity contribution in [2.75, 3.05) is 0 Å². The summed E-state index contributed by atoms with van der Waals surface area (Å²) in [5.74, 6) is -1.72. The van der Waals surface area contributed by atoms with Crippen LogP contribution in [0.3, 0.4) is 0 Å². The Morgan fingerprint density at radius 1 is 1.39 bits per heavy atom. The van der Waals surface area contributed by atoms with Crippen LogP contribution in [0.4, 0.5) is 0 Å². The van der Waals surface area contributed by atoms with Crippen LogP contribution in [0, 0.1) is 6.92 Å². The van der Waals surface area contributed by atoms with Gasteiger partial charge in [-0.05, 0) is 27.7 Å². The maximum atomic E-state index is 11.7. The van der Waals surface area contributed by atoms with E-state index >= 15 is 0 Å². The minimum Gasteiger partial charge on any atom is -0.454 e. The normalized spacial score (nSPS) is 13.2. The summed E-state index contributed by atoms with van der Waals surface area (Å²) in [6.45, 7) is 6.84. The molecule has 1 heterocycles. The molecule has 8 heteroatoms. The second kappa shape index (κ2) is 5.99. The molecule has 1 rings (SSSR count). The van der Waals surface area contributed by atoms with Crippen LogP contribution in [0.1, 0.15) is 25.8 Å². The van der Waals surface area contributed by atoms with Crippen molar-refractivity contribution >= 4 is 46.5 Å². The van der Waals surface area contributed by atoms with Crippen molar-refractivity contribution in [1.29, 1.82) is 0 Å². The molecule has 0 saturated carbocycles. The first-order chi connectivity index (χ1) is 8.19. The number of ether oxygens (including phenoxy) is 1. The molecule has 0 fully saturated rings. The molecule has 0 aliphatic rings. The van der Waals surface area contributed by atoms with Gasteiger partial charge in [0.15, 0.2) is 9.05 Å². The second-order valence-corrected chi connectivity index (χ2v) is 7.62. The molecular formula is C10H13ClN2O3S2. The first-order valence-corrected chi connectivity index (χ1v) is 7.20. The van der Waals surface area contributed by atoms with Crippen molar-refractivity contribution in [1.82, 2.24) is 10.2 Å². The predicted molar refractivity (Wildman–Crippen MR) is 71.0 cm³/mol. The van der Waals surface area contributed by atoms with Crippen LogP contribution < -0.4 is 0 Å². The molecule has 0 spiro atoms. The van der Waals surface area contributed by atoms with Gasteiger partial charge in [0.1, 0.15) is 10.6 Å². The number of carbonyl (C=O) groups is 2. The summed E-state index contributed by atoms with van der Waals surface area (Å²) < 4.78 is 4.44. The van der Waals surface area contributed by atoms with E-state index in [-0.39, 0.29) is 0 Å². The largest absolute Gasteiger partial charge is 0.454 e. The number of esters is 1. The lowest BCUT2D eigenvalue weighted by Crippen LogP contribution is -2.32. The minimum absolute atomic E-state index is 0.546. The fraction of sp³-hybridized carbons (Fsp3) is 0.600.